The zero-order valence-corrected chi connectivity index (χ0v) is 14.0. The number of nitrogens with two attached hydrogens (primary N) is 1. The fraction of sp³-hybridized carbons (Fsp3) is 0.444. The number of likely N-dealkylation sites (tertiary alicyclic amines) is 1. The topological polar surface area (TPSA) is 93.7 Å². The van der Waals surface area contributed by atoms with E-state index in [0.29, 0.717) is 18.1 Å². The van der Waals surface area contributed by atoms with Crippen LogP contribution in [0.1, 0.15) is 24.8 Å². The van der Waals surface area contributed by atoms with Gasteiger partial charge in [-0.1, -0.05) is 0 Å². The lowest BCUT2D eigenvalue weighted by Crippen LogP contribution is -2.46. The average Bonchev–Trinajstić information content (AvgIpc) is 3.33. The van der Waals surface area contributed by atoms with Crippen LogP contribution in [-0.4, -0.2) is 59.3 Å². The zero-order valence-electron chi connectivity index (χ0n) is 14.0. The number of benzene rings is 1. The van der Waals surface area contributed by atoms with Gasteiger partial charge in [-0.3, -0.25) is 15.1 Å². The van der Waals surface area contributed by atoms with Gasteiger partial charge in [0.1, 0.15) is 11.9 Å². The standard InChI is InChI=1S/C18H22N5O2/c19-16(21-9-1-2-10-21)12-5-7-13(8-6-12)23-15(17(20)24)14-4-3-11-22(14)18(23)25/h4-8,14-15,19H,1-3,9-11H2,(H2,20,24)/t14-,15?/m1/s1. The molecule has 7 heteroatoms. The molecule has 7 nitrogen and oxygen atoms in total. The lowest BCUT2D eigenvalue weighted by Gasteiger charge is -2.24. The van der Waals surface area contributed by atoms with Gasteiger partial charge in [0.05, 0.1) is 6.04 Å². The molecule has 1 unspecified atom stereocenters. The third-order valence-corrected chi connectivity index (χ3v) is 5.32. The maximum Gasteiger partial charge on any atom is 0.325 e. The smallest absolute Gasteiger partial charge is 0.325 e. The Balaban J connectivity index is 1.59. The molecule has 3 saturated heterocycles. The second-order valence-electron chi connectivity index (χ2n) is 6.80. The lowest BCUT2D eigenvalue weighted by molar-refractivity contribution is -0.119. The molecule has 2 atom stereocenters. The molecule has 3 fully saturated rings. The third kappa shape index (κ3) is 2.54. The van der Waals surface area contributed by atoms with Crippen molar-refractivity contribution in [1.82, 2.24) is 9.80 Å². The molecule has 1 aromatic rings. The Morgan fingerprint density at radius 2 is 1.80 bits per heavy atom. The predicted octanol–water partition coefficient (Wildman–Crippen LogP) is 1.18. The normalized spacial score (nSPS) is 25.6. The number of hydrogen-bond acceptors (Lipinski definition) is 3. The van der Waals surface area contributed by atoms with Gasteiger partial charge in [-0.2, -0.15) is 0 Å². The van der Waals surface area contributed by atoms with Crippen molar-refractivity contribution in [2.45, 2.75) is 31.3 Å². The number of amidine groups is 1. The Labute approximate surface area is 146 Å². The minimum absolute atomic E-state index is 0.176. The van der Waals surface area contributed by atoms with Crippen LogP contribution in [0.5, 0.6) is 0 Å². The molecule has 25 heavy (non-hydrogen) atoms. The lowest BCUT2D eigenvalue weighted by atomic mass is 10.0. The number of rotatable bonds is 3. The molecule has 3 aliphatic rings. The minimum Gasteiger partial charge on any atom is -0.368 e. The summed E-state index contributed by atoms with van der Waals surface area (Å²) in [5, 5.41) is 8.32. The molecule has 0 bridgehead atoms. The first-order valence-electron chi connectivity index (χ1n) is 8.74. The molecule has 0 spiro atoms. The van der Waals surface area contributed by atoms with Gasteiger partial charge in [0.2, 0.25) is 5.91 Å². The number of hydrogen-bond donors (Lipinski definition) is 2. The number of nitrogens with zero attached hydrogens (tertiary/aromatic N) is 3. The fourth-order valence-electron chi connectivity index (χ4n) is 4.06. The van der Waals surface area contributed by atoms with E-state index in [1.165, 1.54) is 4.90 Å². The van der Waals surface area contributed by atoms with Crippen LogP contribution in [0, 0.1) is 11.8 Å². The van der Waals surface area contributed by atoms with Crippen LogP contribution in [0.3, 0.4) is 0 Å². The molecule has 3 amide bonds. The Bertz CT molecular complexity index is 711. The highest BCUT2D eigenvalue weighted by molar-refractivity contribution is 6.04. The molecule has 4 rings (SSSR count). The fourth-order valence-corrected chi connectivity index (χ4v) is 4.06. The van der Waals surface area contributed by atoms with Crippen LogP contribution in [0.4, 0.5) is 10.5 Å². The molecule has 0 saturated carbocycles. The van der Waals surface area contributed by atoms with Gasteiger partial charge in [-0.25, -0.2) is 4.79 Å². The van der Waals surface area contributed by atoms with Crippen molar-refractivity contribution in [2.24, 2.45) is 5.73 Å². The van der Waals surface area contributed by atoms with Crippen molar-refractivity contribution in [1.29, 1.82) is 5.41 Å². The van der Waals surface area contributed by atoms with E-state index < -0.39 is 11.9 Å². The van der Waals surface area contributed by atoms with E-state index in [1.54, 1.807) is 17.0 Å². The van der Waals surface area contributed by atoms with Gasteiger partial charge in [-0.15, -0.1) is 0 Å². The average molecular weight is 340 g/mol. The maximum absolute atomic E-state index is 12.7. The highest BCUT2D eigenvalue weighted by Crippen LogP contribution is 2.34. The molecule has 0 aromatic heterocycles. The van der Waals surface area contributed by atoms with Crippen LogP contribution in [0.15, 0.2) is 24.3 Å². The van der Waals surface area contributed by atoms with E-state index in [9.17, 15) is 9.59 Å². The van der Waals surface area contributed by atoms with Gasteiger partial charge in [0, 0.05) is 30.9 Å². The van der Waals surface area contributed by atoms with E-state index in [-0.39, 0.29) is 12.1 Å². The number of fused-ring (bicyclic) bond motifs is 1. The quantitative estimate of drug-likeness (QED) is 0.639. The zero-order chi connectivity index (χ0) is 17.6. The highest BCUT2D eigenvalue weighted by Gasteiger charge is 2.51. The number of nitrogens with one attached hydrogen (secondary N) is 1. The summed E-state index contributed by atoms with van der Waals surface area (Å²) >= 11 is 0. The summed E-state index contributed by atoms with van der Waals surface area (Å²) in [7, 11) is 0. The maximum atomic E-state index is 12.7. The van der Waals surface area contributed by atoms with Crippen molar-refractivity contribution in [3.8, 4) is 0 Å². The number of carbonyl (C=O) groups excluding carboxylic acids is 2. The van der Waals surface area contributed by atoms with E-state index in [0.717, 1.165) is 37.9 Å². The van der Waals surface area contributed by atoms with Crippen LogP contribution >= 0.6 is 0 Å². The number of primary amides is 1. The Kier molecular flexibility index (Phi) is 3.86. The molecule has 3 N–H and O–H groups in total. The Morgan fingerprint density at radius 3 is 2.44 bits per heavy atom. The first kappa shape index (κ1) is 15.9. The van der Waals surface area contributed by atoms with Crippen LogP contribution in [0.2, 0.25) is 0 Å². The number of amides is 3. The molecular weight excluding hydrogens is 318 g/mol. The van der Waals surface area contributed by atoms with Crippen LogP contribution in [-0.2, 0) is 4.79 Å². The second-order valence-corrected chi connectivity index (χ2v) is 6.80. The molecule has 1 radical (unpaired) electrons. The van der Waals surface area contributed by atoms with E-state index >= 15 is 0 Å². The van der Waals surface area contributed by atoms with E-state index in [4.69, 9.17) is 11.1 Å². The van der Waals surface area contributed by atoms with Crippen molar-refractivity contribution in [3.05, 3.63) is 36.2 Å². The van der Waals surface area contributed by atoms with Gasteiger partial charge in [-0.05, 0) is 49.9 Å². The molecule has 0 aliphatic carbocycles. The van der Waals surface area contributed by atoms with Crippen molar-refractivity contribution in [3.63, 3.8) is 0 Å². The minimum atomic E-state index is -0.668. The molecule has 131 valence electrons. The van der Waals surface area contributed by atoms with Crippen LogP contribution < -0.4 is 10.6 Å². The Morgan fingerprint density at radius 1 is 1.12 bits per heavy atom. The molecular formula is C18H22N5O2. The summed E-state index contributed by atoms with van der Waals surface area (Å²) in [5.74, 6) is 0.0186. The largest absolute Gasteiger partial charge is 0.368 e. The van der Waals surface area contributed by atoms with E-state index in [1.807, 2.05) is 18.6 Å². The summed E-state index contributed by atoms with van der Waals surface area (Å²) in [5.41, 5.74) is 7.05. The number of anilines is 1. The highest BCUT2D eigenvalue weighted by atomic mass is 16.2. The summed E-state index contributed by atoms with van der Waals surface area (Å²) < 4.78 is 0. The van der Waals surface area contributed by atoms with Gasteiger partial charge >= 0.3 is 6.03 Å². The second kappa shape index (κ2) is 6.06. The third-order valence-electron chi connectivity index (χ3n) is 5.32. The van der Waals surface area contributed by atoms with E-state index in [2.05, 4.69) is 4.90 Å². The van der Waals surface area contributed by atoms with Crippen molar-refractivity contribution in [2.75, 3.05) is 24.5 Å². The summed E-state index contributed by atoms with van der Waals surface area (Å²) in [4.78, 5) is 29.9. The molecule has 3 heterocycles. The van der Waals surface area contributed by atoms with Gasteiger partial charge < -0.3 is 15.5 Å². The first-order valence-corrected chi connectivity index (χ1v) is 8.74. The van der Waals surface area contributed by atoms with Crippen molar-refractivity contribution < 1.29 is 9.59 Å². The summed E-state index contributed by atoms with van der Waals surface area (Å²) in [6.07, 6.45) is 5.03. The monoisotopic (exact) mass is 340 g/mol. The van der Waals surface area contributed by atoms with Crippen molar-refractivity contribution >= 4 is 23.5 Å². The van der Waals surface area contributed by atoms with Gasteiger partial charge in [0.15, 0.2) is 0 Å². The SMILES string of the molecule is N=C(c1ccc(N2C(=O)N3CC[CH][C@@H]3C2C(N)=O)cc1)N1CCCC1. The first-order chi connectivity index (χ1) is 12.1. The number of carbonyl (C=O) groups is 2. The summed E-state index contributed by atoms with van der Waals surface area (Å²) in [6, 6.07) is 6.20. The summed E-state index contributed by atoms with van der Waals surface area (Å²) in [6.45, 7) is 2.46. The predicted molar refractivity (Wildman–Crippen MR) is 94.3 cm³/mol. The molecule has 1 aromatic carbocycles. The van der Waals surface area contributed by atoms with Crippen LogP contribution in [0.25, 0.3) is 0 Å². The molecule has 3 aliphatic heterocycles. The Hall–Kier alpha value is -2.57. The number of urea groups is 1. The van der Waals surface area contributed by atoms with Gasteiger partial charge in [0.25, 0.3) is 0 Å².